The van der Waals surface area contributed by atoms with Crippen molar-refractivity contribution in [2.75, 3.05) is 12.8 Å². The molecule has 0 unspecified atom stereocenters. The zero-order chi connectivity index (χ0) is 10.8. The molecule has 0 bridgehead atoms. The molecule has 0 aliphatic heterocycles. The number of hydrogen-bond acceptors (Lipinski definition) is 5. The number of nitrogens with two attached hydrogens (primary N) is 1. The first-order valence-electron chi connectivity index (χ1n) is 4.30. The molecule has 15 heavy (non-hydrogen) atoms. The Kier molecular flexibility index (Phi) is 2.21. The molecule has 1 heterocycles. The molecule has 5 nitrogen and oxygen atoms in total. The van der Waals surface area contributed by atoms with Crippen LogP contribution in [0.1, 0.15) is 0 Å². The number of phenols is 1. The summed E-state index contributed by atoms with van der Waals surface area (Å²) < 4.78 is 9.65. The number of nitrogens with zero attached hydrogens (tertiary/aromatic N) is 1. The van der Waals surface area contributed by atoms with E-state index in [1.807, 2.05) is 0 Å². The van der Waals surface area contributed by atoms with E-state index >= 15 is 0 Å². The maximum atomic E-state index is 9.54. The lowest BCUT2D eigenvalue weighted by molar-refractivity contribution is 0.373. The summed E-state index contributed by atoms with van der Waals surface area (Å²) in [6, 6.07) is 6.53. The van der Waals surface area contributed by atoms with Gasteiger partial charge in [-0.05, 0) is 18.2 Å². The van der Waals surface area contributed by atoms with Gasteiger partial charge in [0.2, 0.25) is 5.88 Å². The van der Waals surface area contributed by atoms with E-state index in [1.54, 1.807) is 18.2 Å². The molecular formula is C10H10N2O3. The van der Waals surface area contributed by atoms with Crippen molar-refractivity contribution in [1.29, 1.82) is 0 Å². The van der Waals surface area contributed by atoms with Crippen LogP contribution in [0.3, 0.4) is 0 Å². The predicted molar refractivity (Wildman–Crippen MR) is 54.6 cm³/mol. The molecule has 0 fully saturated rings. The Morgan fingerprint density at radius 1 is 1.40 bits per heavy atom. The molecule has 0 radical (unpaired) electrons. The van der Waals surface area contributed by atoms with Crippen molar-refractivity contribution in [3.8, 4) is 22.8 Å². The second-order valence-corrected chi connectivity index (χ2v) is 3.00. The van der Waals surface area contributed by atoms with E-state index in [4.69, 9.17) is 15.0 Å². The van der Waals surface area contributed by atoms with Crippen LogP contribution in [0.15, 0.2) is 28.8 Å². The fraction of sp³-hybridized carbons (Fsp3) is 0.100. The summed E-state index contributed by atoms with van der Waals surface area (Å²) in [7, 11) is 1.49. The molecule has 0 spiro atoms. The van der Waals surface area contributed by atoms with Crippen LogP contribution in [-0.4, -0.2) is 17.4 Å². The van der Waals surface area contributed by atoms with Crippen molar-refractivity contribution in [1.82, 2.24) is 5.16 Å². The summed E-state index contributed by atoms with van der Waals surface area (Å²) >= 11 is 0. The lowest BCUT2D eigenvalue weighted by Gasteiger charge is -2.03. The fourth-order valence-corrected chi connectivity index (χ4v) is 1.27. The smallest absolute Gasteiger partial charge is 0.222 e. The van der Waals surface area contributed by atoms with Crippen LogP contribution in [0.25, 0.3) is 11.3 Å². The molecule has 0 saturated heterocycles. The molecule has 0 aliphatic carbocycles. The van der Waals surface area contributed by atoms with Crippen LogP contribution >= 0.6 is 0 Å². The van der Waals surface area contributed by atoms with Crippen molar-refractivity contribution in [3.05, 3.63) is 24.3 Å². The highest BCUT2D eigenvalue weighted by molar-refractivity contribution is 5.64. The third-order valence-electron chi connectivity index (χ3n) is 2.00. The van der Waals surface area contributed by atoms with Gasteiger partial charge in [-0.3, -0.25) is 0 Å². The first-order valence-corrected chi connectivity index (χ1v) is 4.30. The van der Waals surface area contributed by atoms with E-state index in [1.165, 1.54) is 13.2 Å². The molecule has 5 heteroatoms. The van der Waals surface area contributed by atoms with Gasteiger partial charge >= 0.3 is 0 Å². The molecule has 0 saturated carbocycles. The summed E-state index contributed by atoms with van der Waals surface area (Å²) in [5.74, 6) is 0.701. The van der Waals surface area contributed by atoms with Gasteiger partial charge in [-0.25, -0.2) is 0 Å². The van der Waals surface area contributed by atoms with Crippen LogP contribution in [0.2, 0.25) is 0 Å². The van der Waals surface area contributed by atoms with E-state index in [0.29, 0.717) is 17.0 Å². The van der Waals surface area contributed by atoms with E-state index in [-0.39, 0.29) is 11.6 Å². The number of rotatable bonds is 2. The number of aromatic nitrogens is 1. The van der Waals surface area contributed by atoms with Gasteiger partial charge in [0.05, 0.1) is 7.11 Å². The molecule has 2 aromatic rings. The van der Waals surface area contributed by atoms with Gasteiger partial charge in [0, 0.05) is 11.6 Å². The third-order valence-corrected chi connectivity index (χ3v) is 2.00. The van der Waals surface area contributed by atoms with E-state index < -0.39 is 0 Å². The maximum Gasteiger partial charge on any atom is 0.222 e. The van der Waals surface area contributed by atoms with E-state index in [0.717, 1.165) is 0 Å². The quantitative estimate of drug-likeness (QED) is 0.780. The first-order chi connectivity index (χ1) is 7.20. The summed E-state index contributed by atoms with van der Waals surface area (Å²) in [5, 5.41) is 13.3. The Hall–Kier alpha value is -2.17. The van der Waals surface area contributed by atoms with Crippen molar-refractivity contribution in [2.45, 2.75) is 0 Å². The third kappa shape index (κ3) is 1.71. The van der Waals surface area contributed by atoms with E-state index in [2.05, 4.69) is 5.16 Å². The normalized spacial score (nSPS) is 10.2. The highest BCUT2D eigenvalue weighted by Crippen LogP contribution is 2.31. The summed E-state index contributed by atoms with van der Waals surface area (Å²) in [6.07, 6.45) is 0. The second-order valence-electron chi connectivity index (χ2n) is 3.00. The van der Waals surface area contributed by atoms with Crippen molar-refractivity contribution in [2.24, 2.45) is 0 Å². The highest BCUT2D eigenvalue weighted by atomic mass is 16.5. The lowest BCUT2D eigenvalue weighted by atomic mass is 10.1. The van der Waals surface area contributed by atoms with Crippen LogP contribution in [0.5, 0.6) is 11.5 Å². The predicted octanol–water partition coefficient (Wildman–Crippen LogP) is 1.64. The molecule has 2 rings (SSSR count). The number of ether oxygens (including phenoxy) is 1. The zero-order valence-corrected chi connectivity index (χ0v) is 8.10. The molecular weight excluding hydrogens is 196 g/mol. The lowest BCUT2D eigenvalue weighted by Crippen LogP contribution is -1.84. The number of hydrogen-bond donors (Lipinski definition) is 2. The molecule has 1 aromatic carbocycles. The molecule has 0 aliphatic rings. The molecule has 0 amide bonds. The van der Waals surface area contributed by atoms with E-state index in [9.17, 15) is 5.11 Å². The van der Waals surface area contributed by atoms with Crippen LogP contribution in [-0.2, 0) is 0 Å². The Balaban J connectivity index is 2.42. The number of aromatic hydroxyl groups is 1. The topological polar surface area (TPSA) is 81.5 Å². The standard InChI is InChI=1S/C10H10N2O3/c1-14-9-3-2-6(4-8(9)13)7-5-10(11)15-12-7/h2-5,13H,11H2,1H3. The largest absolute Gasteiger partial charge is 0.504 e. The Bertz CT molecular complexity index is 479. The van der Waals surface area contributed by atoms with Crippen LogP contribution < -0.4 is 10.5 Å². The fourth-order valence-electron chi connectivity index (χ4n) is 1.27. The van der Waals surface area contributed by atoms with Gasteiger partial charge in [0.25, 0.3) is 0 Å². The van der Waals surface area contributed by atoms with Crippen molar-refractivity contribution < 1.29 is 14.4 Å². The average molecular weight is 206 g/mol. The average Bonchev–Trinajstić information content (AvgIpc) is 2.65. The summed E-state index contributed by atoms with van der Waals surface area (Å²) in [6.45, 7) is 0. The zero-order valence-electron chi connectivity index (χ0n) is 8.10. The Labute approximate surface area is 86.1 Å². The number of nitrogen functional groups attached to an aromatic ring is 1. The highest BCUT2D eigenvalue weighted by Gasteiger charge is 2.07. The first kappa shape index (κ1) is 9.39. The molecule has 0 atom stereocenters. The molecule has 78 valence electrons. The molecule has 1 aromatic heterocycles. The SMILES string of the molecule is COc1ccc(-c2cc(N)on2)cc1O. The van der Waals surface area contributed by atoms with Gasteiger partial charge < -0.3 is 20.1 Å². The number of anilines is 1. The summed E-state index contributed by atoms with van der Waals surface area (Å²) in [5.41, 5.74) is 6.68. The van der Waals surface area contributed by atoms with Gasteiger partial charge in [0.15, 0.2) is 11.5 Å². The summed E-state index contributed by atoms with van der Waals surface area (Å²) in [4.78, 5) is 0. The second kappa shape index (κ2) is 3.53. The minimum atomic E-state index is 0.0524. The van der Waals surface area contributed by atoms with Gasteiger partial charge in [0.1, 0.15) is 5.69 Å². The minimum absolute atomic E-state index is 0.0524. The monoisotopic (exact) mass is 206 g/mol. The van der Waals surface area contributed by atoms with Gasteiger partial charge in [-0.2, -0.15) is 0 Å². The van der Waals surface area contributed by atoms with Gasteiger partial charge in [-0.15, -0.1) is 0 Å². The number of phenolic OH excluding ortho intramolecular Hbond substituents is 1. The minimum Gasteiger partial charge on any atom is -0.504 e. The van der Waals surface area contributed by atoms with Gasteiger partial charge in [-0.1, -0.05) is 5.16 Å². The van der Waals surface area contributed by atoms with Crippen molar-refractivity contribution in [3.63, 3.8) is 0 Å². The van der Waals surface area contributed by atoms with Crippen LogP contribution in [0.4, 0.5) is 5.88 Å². The molecule has 3 N–H and O–H groups in total. The number of methoxy groups -OCH3 is 1. The number of benzene rings is 1. The Morgan fingerprint density at radius 2 is 2.20 bits per heavy atom. The van der Waals surface area contributed by atoms with Crippen LogP contribution in [0, 0.1) is 0 Å². The van der Waals surface area contributed by atoms with Crippen molar-refractivity contribution >= 4 is 5.88 Å². The Morgan fingerprint density at radius 3 is 2.73 bits per heavy atom. The maximum absolute atomic E-state index is 9.54.